The Balaban J connectivity index is 2.56. The van der Waals surface area contributed by atoms with Gasteiger partial charge in [-0.3, -0.25) is 14.9 Å². The molecule has 0 aliphatic heterocycles. The molecular formula is C12H15Cl2N3O2. The number of amides is 2. The lowest BCUT2D eigenvalue weighted by atomic mass is 10.2. The first-order chi connectivity index (χ1) is 8.93. The zero-order chi connectivity index (χ0) is 14.4. The number of likely N-dealkylation sites (N-methyl/N-ethyl adjacent to an activating group) is 1. The summed E-state index contributed by atoms with van der Waals surface area (Å²) in [5.74, 6) is -0.475. The summed E-state index contributed by atoms with van der Waals surface area (Å²) in [4.78, 5) is 22.9. The summed E-state index contributed by atoms with van der Waals surface area (Å²) in [6.45, 7) is 1.72. The van der Waals surface area contributed by atoms with Gasteiger partial charge in [0.2, 0.25) is 11.8 Å². The third kappa shape index (κ3) is 5.06. The molecule has 1 atom stereocenters. The van der Waals surface area contributed by atoms with Crippen molar-refractivity contribution < 1.29 is 9.59 Å². The number of hydrogen-bond acceptors (Lipinski definition) is 3. The third-order valence-corrected chi connectivity index (χ3v) is 2.98. The highest BCUT2D eigenvalue weighted by molar-refractivity contribution is 6.36. The third-order valence-electron chi connectivity index (χ3n) is 2.43. The lowest BCUT2D eigenvalue weighted by Crippen LogP contribution is -2.42. The second-order valence-corrected chi connectivity index (χ2v) is 4.73. The van der Waals surface area contributed by atoms with Gasteiger partial charge in [-0.2, -0.15) is 0 Å². The Morgan fingerprint density at radius 2 is 2.00 bits per heavy atom. The number of nitrogens with one attached hydrogen (secondary N) is 3. The molecule has 0 bridgehead atoms. The molecule has 3 N–H and O–H groups in total. The Bertz CT molecular complexity index is 480. The average Bonchev–Trinajstić information content (AvgIpc) is 2.38. The summed E-state index contributed by atoms with van der Waals surface area (Å²) in [6, 6.07) is 4.27. The monoisotopic (exact) mass is 303 g/mol. The van der Waals surface area contributed by atoms with Crippen LogP contribution in [0.1, 0.15) is 6.92 Å². The Morgan fingerprint density at radius 3 is 2.58 bits per heavy atom. The van der Waals surface area contributed by atoms with Crippen LogP contribution in [0.4, 0.5) is 5.69 Å². The van der Waals surface area contributed by atoms with Gasteiger partial charge < -0.3 is 10.6 Å². The first kappa shape index (κ1) is 15.8. The fourth-order valence-corrected chi connectivity index (χ4v) is 1.71. The van der Waals surface area contributed by atoms with E-state index in [-0.39, 0.29) is 18.4 Å². The predicted octanol–water partition coefficient (Wildman–Crippen LogP) is 1.66. The molecule has 1 aromatic carbocycles. The molecule has 1 rings (SSSR count). The quantitative estimate of drug-likeness (QED) is 0.775. The van der Waals surface area contributed by atoms with Crippen LogP contribution in [0.2, 0.25) is 10.0 Å². The number of carbonyl (C=O) groups is 2. The molecule has 0 aliphatic carbocycles. The lowest BCUT2D eigenvalue weighted by molar-refractivity contribution is -0.120. The van der Waals surface area contributed by atoms with Crippen LogP contribution < -0.4 is 16.0 Å². The average molecular weight is 304 g/mol. The van der Waals surface area contributed by atoms with Gasteiger partial charge in [0.1, 0.15) is 0 Å². The highest BCUT2D eigenvalue weighted by Gasteiger charge is 2.14. The fourth-order valence-electron chi connectivity index (χ4n) is 1.26. The maximum atomic E-state index is 11.9. The summed E-state index contributed by atoms with van der Waals surface area (Å²) in [6.07, 6.45) is 0. The molecule has 0 fully saturated rings. The number of halogens is 2. The van der Waals surface area contributed by atoms with Crippen molar-refractivity contribution in [2.45, 2.75) is 13.0 Å². The van der Waals surface area contributed by atoms with E-state index in [2.05, 4.69) is 16.0 Å². The summed E-state index contributed by atoms with van der Waals surface area (Å²) in [7, 11) is 1.53. The zero-order valence-electron chi connectivity index (χ0n) is 10.6. The molecule has 1 aromatic rings. The van der Waals surface area contributed by atoms with Crippen molar-refractivity contribution >= 4 is 40.7 Å². The molecule has 0 aromatic heterocycles. The van der Waals surface area contributed by atoms with Crippen LogP contribution in [0.3, 0.4) is 0 Å². The van der Waals surface area contributed by atoms with Gasteiger partial charge in [-0.05, 0) is 25.1 Å². The van der Waals surface area contributed by atoms with Crippen LogP contribution in [-0.4, -0.2) is 31.4 Å². The van der Waals surface area contributed by atoms with E-state index in [1.807, 2.05) is 0 Å². The number of carbonyl (C=O) groups excluding carboxylic acids is 2. The van der Waals surface area contributed by atoms with Crippen LogP contribution >= 0.6 is 23.2 Å². The van der Waals surface area contributed by atoms with E-state index in [9.17, 15) is 9.59 Å². The van der Waals surface area contributed by atoms with Gasteiger partial charge in [0.15, 0.2) is 0 Å². The van der Waals surface area contributed by atoms with E-state index in [4.69, 9.17) is 23.2 Å². The SMILES string of the molecule is CNC(=O)CN[C@@H](C)C(=O)Nc1ccc(Cl)cc1Cl. The van der Waals surface area contributed by atoms with E-state index in [1.165, 1.54) is 7.05 Å². The molecule has 5 nitrogen and oxygen atoms in total. The van der Waals surface area contributed by atoms with Crippen molar-refractivity contribution in [3.8, 4) is 0 Å². The van der Waals surface area contributed by atoms with E-state index in [1.54, 1.807) is 25.1 Å². The highest BCUT2D eigenvalue weighted by Crippen LogP contribution is 2.25. The van der Waals surface area contributed by atoms with Gasteiger partial charge in [-0.1, -0.05) is 23.2 Å². The minimum absolute atomic E-state index is 0.0689. The van der Waals surface area contributed by atoms with Gasteiger partial charge in [0, 0.05) is 12.1 Å². The van der Waals surface area contributed by atoms with Crippen LogP contribution in [0.5, 0.6) is 0 Å². The van der Waals surface area contributed by atoms with Crippen LogP contribution in [0, 0.1) is 0 Å². The van der Waals surface area contributed by atoms with Gasteiger partial charge >= 0.3 is 0 Å². The molecule has 0 unspecified atom stereocenters. The van der Waals surface area contributed by atoms with Gasteiger partial charge in [0.25, 0.3) is 0 Å². The fraction of sp³-hybridized carbons (Fsp3) is 0.333. The van der Waals surface area contributed by atoms with E-state index in [0.717, 1.165) is 0 Å². The van der Waals surface area contributed by atoms with Crippen molar-refractivity contribution in [2.75, 3.05) is 18.9 Å². The molecule has 0 saturated carbocycles. The summed E-state index contributed by atoms with van der Waals surface area (Å²) in [5.41, 5.74) is 0.477. The molecule has 0 radical (unpaired) electrons. The Kier molecular flexibility index (Phi) is 6.08. The molecular weight excluding hydrogens is 289 g/mol. The number of rotatable bonds is 5. The van der Waals surface area contributed by atoms with Crippen molar-refractivity contribution in [3.05, 3.63) is 28.2 Å². The first-order valence-electron chi connectivity index (χ1n) is 5.64. The predicted molar refractivity (Wildman–Crippen MR) is 76.6 cm³/mol. The topological polar surface area (TPSA) is 70.2 Å². The van der Waals surface area contributed by atoms with E-state index in [0.29, 0.717) is 15.7 Å². The minimum atomic E-state index is -0.524. The number of benzene rings is 1. The van der Waals surface area contributed by atoms with Gasteiger partial charge in [-0.15, -0.1) is 0 Å². The van der Waals surface area contributed by atoms with Crippen LogP contribution in [0.25, 0.3) is 0 Å². The van der Waals surface area contributed by atoms with Crippen LogP contribution in [0.15, 0.2) is 18.2 Å². The summed E-state index contributed by atoms with van der Waals surface area (Å²) in [5, 5.41) is 8.76. The van der Waals surface area contributed by atoms with Gasteiger partial charge in [-0.25, -0.2) is 0 Å². The molecule has 7 heteroatoms. The largest absolute Gasteiger partial charge is 0.358 e. The lowest BCUT2D eigenvalue weighted by Gasteiger charge is -2.14. The van der Waals surface area contributed by atoms with Crippen molar-refractivity contribution in [3.63, 3.8) is 0 Å². The van der Waals surface area contributed by atoms with E-state index < -0.39 is 6.04 Å². The number of hydrogen-bond donors (Lipinski definition) is 3. The van der Waals surface area contributed by atoms with Crippen LogP contribution in [-0.2, 0) is 9.59 Å². The maximum Gasteiger partial charge on any atom is 0.241 e. The van der Waals surface area contributed by atoms with Crippen molar-refractivity contribution in [1.29, 1.82) is 0 Å². The second-order valence-electron chi connectivity index (χ2n) is 3.89. The van der Waals surface area contributed by atoms with Crippen molar-refractivity contribution in [2.24, 2.45) is 0 Å². The van der Waals surface area contributed by atoms with Crippen molar-refractivity contribution in [1.82, 2.24) is 10.6 Å². The maximum absolute atomic E-state index is 11.9. The normalized spacial score (nSPS) is 11.8. The molecule has 2 amide bonds. The standard InChI is InChI=1S/C12H15Cl2N3O2/c1-7(16-6-11(18)15-2)12(19)17-10-4-3-8(13)5-9(10)14/h3-5,7,16H,6H2,1-2H3,(H,15,18)(H,17,19)/t7-/m0/s1. The Labute approximate surface area is 121 Å². The van der Waals surface area contributed by atoms with Gasteiger partial charge in [0.05, 0.1) is 23.3 Å². The summed E-state index contributed by atoms with van der Waals surface area (Å²) >= 11 is 11.7. The molecule has 0 aliphatic rings. The smallest absolute Gasteiger partial charge is 0.241 e. The molecule has 19 heavy (non-hydrogen) atoms. The molecule has 0 heterocycles. The molecule has 104 valence electrons. The molecule has 0 saturated heterocycles. The Hall–Kier alpha value is -1.30. The zero-order valence-corrected chi connectivity index (χ0v) is 12.1. The second kappa shape index (κ2) is 7.33. The Morgan fingerprint density at radius 1 is 1.32 bits per heavy atom. The molecule has 0 spiro atoms. The van der Waals surface area contributed by atoms with E-state index >= 15 is 0 Å². The number of anilines is 1. The highest BCUT2D eigenvalue weighted by atomic mass is 35.5. The minimum Gasteiger partial charge on any atom is -0.358 e. The summed E-state index contributed by atoms with van der Waals surface area (Å²) < 4.78 is 0. The first-order valence-corrected chi connectivity index (χ1v) is 6.39.